The molecule has 0 saturated carbocycles. The maximum atomic E-state index is 2.42. The lowest BCUT2D eigenvalue weighted by molar-refractivity contribution is 0.768. The van der Waals surface area contributed by atoms with Crippen molar-refractivity contribution in [2.45, 2.75) is 12.3 Å². The van der Waals surface area contributed by atoms with Crippen LogP contribution in [-0.2, 0) is 5.41 Å². The summed E-state index contributed by atoms with van der Waals surface area (Å²) in [5.74, 6) is 0. The first kappa shape index (κ1) is 17.2. The molecule has 6 rings (SSSR count). The molecule has 0 spiro atoms. The van der Waals surface area contributed by atoms with Crippen LogP contribution in [-0.4, -0.2) is 0 Å². The van der Waals surface area contributed by atoms with Crippen LogP contribution in [0.3, 0.4) is 0 Å². The number of benzene rings is 5. The molecule has 0 N–H and O–H groups in total. The Morgan fingerprint density at radius 2 is 1.00 bits per heavy atom. The highest BCUT2D eigenvalue weighted by Crippen LogP contribution is 2.56. The SMILES string of the molecule is Cc1ccc2c(c1)C(c1ccccc1)(c1ccccc1)c1cc3ccccc3cc1-2. The average Bonchev–Trinajstić information content (AvgIpc) is 3.08. The molecule has 1 aliphatic rings. The van der Waals surface area contributed by atoms with Gasteiger partial charge in [-0.2, -0.15) is 0 Å². The van der Waals surface area contributed by atoms with E-state index in [9.17, 15) is 0 Å². The van der Waals surface area contributed by atoms with Crippen molar-refractivity contribution in [1.29, 1.82) is 0 Å². The van der Waals surface area contributed by atoms with Crippen molar-refractivity contribution >= 4 is 10.8 Å². The number of fused-ring (bicyclic) bond motifs is 4. The average molecular weight is 383 g/mol. The van der Waals surface area contributed by atoms with E-state index < -0.39 is 0 Å². The minimum Gasteiger partial charge on any atom is -0.0622 e. The zero-order chi connectivity index (χ0) is 20.1. The maximum absolute atomic E-state index is 2.42. The largest absolute Gasteiger partial charge is 0.0713 e. The van der Waals surface area contributed by atoms with Gasteiger partial charge in [0.2, 0.25) is 0 Å². The molecule has 0 unspecified atom stereocenters. The second-order valence-electron chi connectivity index (χ2n) is 8.28. The third kappa shape index (κ3) is 2.28. The second kappa shape index (κ2) is 6.43. The highest BCUT2D eigenvalue weighted by atomic mass is 14.5. The third-order valence-electron chi connectivity index (χ3n) is 6.57. The van der Waals surface area contributed by atoms with E-state index in [1.165, 1.54) is 49.7 Å². The molecule has 0 heteroatoms. The van der Waals surface area contributed by atoms with Gasteiger partial charge in [0, 0.05) is 0 Å². The molecule has 0 aromatic heterocycles. The molecule has 30 heavy (non-hydrogen) atoms. The van der Waals surface area contributed by atoms with Crippen LogP contribution >= 0.6 is 0 Å². The van der Waals surface area contributed by atoms with Crippen molar-refractivity contribution in [3.8, 4) is 11.1 Å². The van der Waals surface area contributed by atoms with Gasteiger partial charge in [-0.3, -0.25) is 0 Å². The first-order valence-electron chi connectivity index (χ1n) is 10.5. The Morgan fingerprint density at radius 3 is 1.63 bits per heavy atom. The van der Waals surface area contributed by atoms with Crippen molar-refractivity contribution in [2.75, 3.05) is 0 Å². The zero-order valence-corrected chi connectivity index (χ0v) is 17.0. The Balaban J connectivity index is 1.84. The number of hydrogen-bond donors (Lipinski definition) is 0. The van der Waals surface area contributed by atoms with Crippen molar-refractivity contribution in [2.24, 2.45) is 0 Å². The van der Waals surface area contributed by atoms with Gasteiger partial charge in [-0.1, -0.05) is 109 Å². The highest BCUT2D eigenvalue weighted by molar-refractivity contribution is 5.95. The lowest BCUT2D eigenvalue weighted by atomic mass is 9.67. The maximum Gasteiger partial charge on any atom is 0.0713 e. The lowest BCUT2D eigenvalue weighted by Gasteiger charge is -2.34. The molecule has 0 aliphatic heterocycles. The topological polar surface area (TPSA) is 0 Å². The molecule has 0 radical (unpaired) electrons. The minimum atomic E-state index is -0.316. The van der Waals surface area contributed by atoms with E-state index >= 15 is 0 Å². The van der Waals surface area contributed by atoms with Gasteiger partial charge in [-0.25, -0.2) is 0 Å². The fraction of sp³-hybridized carbons (Fsp3) is 0.0667. The van der Waals surface area contributed by atoms with Crippen LogP contribution in [0.4, 0.5) is 0 Å². The van der Waals surface area contributed by atoms with E-state index in [0.29, 0.717) is 0 Å². The fourth-order valence-corrected chi connectivity index (χ4v) is 5.29. The number of rotatable bonds is 2. The first-order chi connectivity index (χ1) is 14.8. The summed E-state index contributed by atoms with van der Waals surface area (Å²) in [5.41, 5.74) is 9.05. The highest BCUT2D eigenvalue weighted by Gasteiger charge is 2.46. The molecule has 0 amide bonds. The van der Waals surface area contributed by atoms with Crippen molar-refractivity contribution < 1.29 is 0 Å². The molecule has 0 fully saturated rings. The normalized spacial score (nSPS) is 13.8. The summed E-state index contributed by atoms with van der Waals surface area (Å²) in [6.07, 6.45) is 0. The second-order valence-corrected chi connectivity index (χ2v) is 8.28. The van der Waals surface area contributed by atoms with E-state index in [4.69, 9.17) is 0 Å². The van der Waals surface area contributed by atoms with Gasteiger partial charge in [0.05, 0.1) is 5.41 Å². The fourth-order valence-electron chi connectivity index (χ4n) is 5.29. The molecular formula is C30H22. The van der Waals surface area contributed by atoms with Gasteiger partial charge in [0.25, 0.3) is 0 Å². The summed E-state index contributed by atoms with van der Waals surface area (Å²) in [6, 6.07) is 42.4. The van der Waals surface area contributed by atoms with Gasteiger partial charge < -0.3 is 0 Å². The summed E-state index contributed by atoms with van der Waals surface area (Å²) in [7, 11) is 0. The Bertz CT molecular complexity index is 1340. The van der Waals surface area contributed by atoms with Crippen molar-refractivity contribution in [1.82, 2.24) is 0 Å². The molecule has 0 heterocycles. The van der Waals surface area contributed by atoms with Crippen LogP contribution in [0.5, 0.6) is 0 Å². The van der Waals surface area contributed by atoms with Gasteiger partial charge in [0.1, 0.15) is 0 Å². The van der Waals surface area contributed by atoms with E-state index in [1.807, 2.05) is 0 Å². The van der Waals surface area contributed by atoms with Crippen LogP contribution in [0.15, 0.2) is 115 Å². The van der Waals surface area contributed by atoms with E-state index in [1.54, 1.807) is 0 Å². The van der Waals surface area contributed by atoms with Crippen LogP contribution in [0, 0.1) is 6.92 Å². The Hall–Kier alpha value is -3.64. The monoisotopic (exact) mass is 382 g/mol. The minimum absolute atomic E-state index is 0.316. The third-order valence-corrected chi connectivity index (χ3v) is 6.57. The van der Waals surface area contributed by atoms with E-state index in [0.717, 1.165) is 0 Å². The molecule has 5 aromatic rings. The van der Waals surface area contributed by atoms with E-state index in [-0.39, 0.29) is 5.41 Å². The van der Waals surface area contributed by atoms with Crippen molar-refractivity contribution in [3.63, 3.8) is 0 Å². The smallest absolute Gasteiger partial charge is 0.0622 e. The van der Waals surface area contributed by atoms with Crippen LogP contribution < -0.4 is 0 Å². The predicted molar refractivity (Wildman–Crippen MR) is 126 cm³/mol. The standard InChI is InChI=1S/C30H22/c1-21-16-17-26-27-19-22-10-8-9-11-23(22)20-29(27)30(28(26)18-21,24-12-4-2-5-13-24)25-14-6-3-7-15-25/h2-20H,1H3. The van der Waals surface area contributed by atoms with Crippen LogP contribution in [0.2, 0.25) is 0 Å². The summed E-state index contributed by atoms with van der Waals surface area (Å²) in [5, 5.41) is 2.58. The van der Waals surface area contributed by atoms with Gasteiger partial charge in [-0.15, -0.1) is 0 Å². The molecule has 0 bridgehead atoms. The molecular weight excluding hydrogens is 360 g/mol. The Kier molecular flexibility index (Phi) is 3.70. The zero-order valence-electron chi connectivity index (χ0n) is 17.0. The van der Waals surface area contributed by atoms with Crippen LogP contribution in [0.1, 0.15) is 27.8 Å². The first-order valence-corrected chi connectivity index (χ1v) is 10.5. The predicted octanol–water partition coefficient (Wildman–Crippen LogP) is 7.51. The number of aryl methyl sites for hydroxylation is 1. The Labute approximate surface area is 177 Å². The van der Waals surface area contributed by atoms with E-state index in [2.05, 4.69) is 122 Å². The van der Waals surface area contributed by atoms with Gasteiger partial charge in [0.15, 0.2) is 0 Å². The quantitative estimate of drug-likeness (QED) is 0.291. The molecule has 142 valence electrons. The summed E-state index contributed by atoms with van der Waals surface area (Å²) in [6.45, 7) is 2.19. The van der Waals surface area contributed by atoms with Gasteiger partial charge in [-0.05, 0) is 63.2 Å². The van der Waals surface area contributed by atoms with Crippen LogP contribution in [0.25, 0.3) is 21.9 Å². The lowest BCUT2D eigenvalue weighted by Crippen LogP contribution is -2.28. The molecule has 1 aliphatic carbocycles. The Morgan fingerprint density at radius 1 is 0.467 bits per heavy atom. The summed E-state index contributed by atoms with van der Waals surface area (Å²) in [4.78, 5) is 0. The van der Waals surface area contributed by atoms with Gasteiger partial charge >= 0.3 is 0 Å². The number of hydrogen-bond acceptors (Lipinski definition) is 0. The molecule has 0 atom stereocenters. The summed E-state index contributed by atoms with van der Waals surface area (Å²) < 4.78 is 0. The van der Waals surface area contributed by atoms with Crippen molar-refractivity contribution in [3.05, 3.63) is 143 Å². The molecule has 5 aromatic carbocycles. The molecule has 0 nitrogen and oxygen atoms in total. The summed E-state index contributed by atoms with van der Waals surface area (Å²) >= 11 is 0. The molecule has 0 saturated heterocycles.